The molecule has 0 atom stereocenters. The Bertz CT molecular complexity index is 1020. The molecule has 0 amide bonds. The van der Waals surface area contributed by atoms with Crippen molar-refractivity contribution < 1.29 is 17.6 Å². The van der Waals surface area contributed by atoms with Crippen LogP contribution in [0.2, 0.25) is 0 Å². The number of nitrogens with zero attached hydrogens (tertiary/aromatic N) is 1. The zero-order chi connectivity index (χ0) is 18.6. The lowest BCUT2D eigenvalue weighted by molar-refractivity contribution is 0.414. The van der Waals surface area contributed by atoms with Crippen molar-refractivity contribution in [2.75, 3.05) is 19.5 Å². The Kier molecular flexibility index (Phi) is 5.09. The van der Waals surface area contributed by atoms with Gasteiger partial charge in [0.25, 0.3) is 0 Å². The van der Waals surface area contributed by atoms with E-state index in [1.54, 1.807) is 44.5 Å². The molecule has 0 radical (unpaired) electrons. The third-order valence-electron chi connectivity index (χ3n) is 3.69. The molecule has 6 nitrogen and oxygen atoms in total. The van der Waals surface area contributed by atoms with E-state index < -0.39 is 9.84 Å². The van der Waals surface area contributed by atoms with Gasteiger partial charge in [0.05, 0.1) is 12.0 Å². The van der Waals surface area contributed by atoms with Crippen molar-refractivity contribution in [1.82, 2.24) is 4.98 Å². The first-order valence-corrected chi connectivity index (χ1v) is 9.34. The average Bonchev–Trinajstić information content (AvgIpc) is 3.11. The fraction of sp³-hybridized carbons (Fsp3) is 0.105. The minimum atomic E-state index is -3.78. The topological polar surface area (TPSA) is 81.4 Å². The predicted octanol–water partition coefficient (Wildman–Crippen LogP) is 3.73. The molecular formula is C19H18N2O4S. The number of hydrogen-bond donors (Lipinski definition) is 1. The molecule has 1 heterocycles. The lowest BCUT2D eigenvalue weighted by Gasteiger charge is -2.02. The number of para-hydroxylation sites is 1. The fourth-order valence-corrected chi connectivity index (χ4v) is 3.75. The van der Waals surface area contributed by atoms with Crippen LogP contribution < -0.4 is 10.1 Å². The van der Waals surface area contributed by atoms with Gasteiger partial charge in [-0.05, 0) is 24.3 Å². The van der Waals surface area contributed by atoms with Crippen LogP contribution in [-0.4, -0.2) is 27.6 Å². The van der Waals surface area contributed by atoms with Crippen LogP contribution in [0.25, 0.3) is 12.2 Å². The van der Waals surface area contributed by atoms with Crippen LogP contribution in [0.15, 0.2) is 68.9 Å². The highest BCUT2D eigenvalue weighted by molar-refractivity contribution is 7.91. The fourth-order valence-electron chi connectivity index (χ4n) is 2.41. The summed E-state index contributed by atoms with van der Waals surface area (Å²) < 4.78 is 36.4. The summed E-state index contributed by atoms with van der Waals surface area (Å²) in [4.78, 5) is 4.31. The summed E-state index contributed by atoms with van der Waals surface area (Å²) in [7, 11) is -0.616. The molecule has 0 unspecified atom stereocenters. The van der Waals surface area contributed by atoms with Crippen LogP contribution >= 0.6 is 0 Å². The van der Waals surface area contributed by atoms with E-state index in [0.29, 0.717) is 5.75 Å². The summed E-state index contributed by atoms with van der Waals surface area (Å²) in [6, 6.07) is 15.6. The van der Waals surface area contributed by atoms with Gasteiger partial charge in [0, 0.05) is 18.7 Å². The van der Waals surface area contributed by atoms with Crippen LogP contribution in [0.4, 0.5) is 5.88 Å². The smallest absolute Gasteiger partial charge is 0.233 e. The highest BCUT2D eigenvalue weighted by atomic mass is 32.2. The molecule has 0 aliphatic rings. The maximum absolute atomic E-state index is 12.8. The molecule has 3 rings (SSSR count). The largest absolute Gasteiger partial charge is 0.496 e. The van der Waals surface area contributed by atoms with E-state index in [-0.39, 0.29) is 21.7 Å². The summed E-state index contributed by atoms with van der Waals surface area (Å²) in [5, 5.41) is 2.60. The van der Waals surface area contributed by atoms with E-state index in [4.69, 9.17) is 9.15 Å². The van der Waals surface area contributed by atoms with Crippen molar-refractivity contribution >= 4 is 27.9 Å². The van der Waals surface area contributed by atoms with Crippen LogP contribution in [0.1, 0.15) is 11.5 Å². The molecule has 0 aliphatic carbocycles. The predicted molar refractivity (Wildman–Crippen MR) is 99.9 cm³/mol. The highest BCUT2D eigenvalue weighted by Crippen LogP contribution is 2.29. The Morgan fingerprint density at radius 1 is 1.04 bits per heavy atom. The van der Waals surface area contributed by atoms with Crippen LogP contribution in [0.3, 0.4) is 0 Å². The van der Waals surface area contributed by atoms with Gasteiger partial charge in [0.1, 0.15) is 5.75 Å². The number of ether oxygens (including phenoxy) is 1. The van der Waals surface area contributed by atoms with Crippen molar-refractivity contribution in [2.24, 2.45) is 0 Å². The Morgan fingerprint density at radius 3 is 2.42 bits per heavy atom. The minimum Gasteiger partial charge on any atom is -0.496 e. The first-order valence-electron chi connectivity index (χ1n) is 7.86. The second-order valence-electron chi connectivity index (χ2n) is 5.33. The summed E-state index contributed by atoms with van der Waals surface area (Å²) in [5.74, 6) is 0.963. The number of hydrogen-bond acceptors (Lipinski definition) is 6. The first kappa shape index (κ1) is 17.8. The molecule has 0 bridgehead atoms. The van der Waals surface area contributed by atoms with Gasteiger partial charge in [-0.3, -0.25) is 0 Å². The maximum atomic E-state index is 12.8. The van der Waals surface area contributed by atoms with Gasteiger partial charge < -0.3 is 14.5 Å². The van der Waals surface area contributed by atoms with E-state index in [2.05, 4.69) is 10.3 Å². The average molecular weight is 370 g/mol. The minimum absolute atomic E-state index is 0.0912. The summed E-state index contributed by atoms with van der Waals surface area (Å²) in [6.45, 7) is 0. The number of oxazole rings is 1. The third kappa shape index (κ3) is 3.48. The second-order valence-corrected chi connectivity index (χ2v) is 7.19. The normalized spacial score (nSPS) is 11.6. The zero-order valence-electron chi connectivity index (χ0n) is 14.3. The number of anilines is 1. The number of benzene rings is 2. The quantitative estimate of drug-likeness (QED) is 0.712. The molecule has 7 heteroatoms. The molecule has 0 saturated heterocycles. The van der Waals surface area contributed by atoms with E-state index in [1.807, 2.05) is 24.3 Å². The lowest BCUT2D eigenvalue weighted by Crippen LogP contribution is -2.05. The maximum Gasteiger partial charge on any atom is 0.233 e. The SMILES string of the molecule is CNc1oc(/C=C/c2ccccc2OC)nc1S(=O)(=O)c1ccccc1. The first-order chi connectivity index (χ1) is 12.6. The van der Waals surface area contributed by atoms with Crippen molar-refractivity contribution in [3.63, 3.8) is 0 Å². The molecule has 0 saturated carbocycles. The third-order valence-corrected chi connectivity index (χ3v) is 5.37. The van der Waals surface area contributed by atoms with E-state index in [1.165, 1.54) is 12.1 Å². The Morgan fingerprint density at radius 2 is 1.73 bits per heavy atom. The van der Waals surface area contributed by atoms with E-state index >= 15 is 0 Å². The standard InChI is InChI=1S/C19H18N2O4S/c1-20-18-19(26(22,23)15-9-4-3-5-10-15)21-17(25-18)13-12-14-8-6-7-11-16(14)24-2/h3-13,20H,1-2H3/b13-12+. The van der Waals surface area contributed by atoms with E-state index in [0.717, 1.165) is 5.56 Å². The summed E-state index contributed by atoms with van der Waals surface area (Å²) in [6.07, 6.45) is 3.35. The molecule has 26 heavy (non-hydrogen) atoms. The Hall–Kier alpha value is -3.06. The molecule has 134 valence electrons. The van der Waals surface area contributed by atoms with Gasteiger partial charge in [-0.2, -0.15) is 4.98 Å². The van der Waals surface area contributed by atoms with Crippen LogP contribution in [0.5, 0.6) is 5.75 Å². The summed E-state index contributed by atoms with van der Waals surface area (Å²) >= 11 is 0. The zero-order valence-corrected chi connectivity index (χ0v) is 15.2. The van der Waals surface area contributed by atoms with Gasteiger partial charge in [-0.25, -0.2) is 8.42 Å². The molecule has 0 spiro atoms. The van der Waals surface area contributed by atoms with Crippen molar-refractivity contribution in [1.29, 1.82) is 0 Å². The van der Waals surface area contributed by atoms with Gasteiger partial charge in [0.15, 0.2) is 0 Å². The molecular weight excluding hydrogens is 352 g/mol. The van der Waals surface area contributed by atoms with Crippen LogP contribution in [-0.2, 0) is 9.84 Å². The van der Waals surface area contributed by atoms with Gasteiger partial charge in [-0.1, -0.05) is 36.4 Å². The number of rotatable bonds is 6. The molecule has 0 fully saturated rings. The van der Waals surface area contributed by atoms with Gasteiger partial charge >= 0.3 is 0 Å². The molecule has 3 aromatic rings. The molecule has 0 aliphatic heterocycles. The number of aromatic nitrogens is 1. The van der Waals surface area contributed by atoms with Crippen molar-refractivity contribution in [2.45, 2.75) is 9.92 Å². The molecule has 1 aromatic heterocycles. The van der Waals surface area contributed by atoms with E-state index in [9.17, 15) is 8.42 Å². The monoisotopic (exact) mass is 370 g/mol. The molecule has 1 N–H and O–H groups in total. The number of nitrogens with one attached hydrogen (secondary N) is 1. The lowest BCUT2D eigenvalue weighted by atomic mass is 10.2. The number of methoxy groups -OCH3 is 1. The second kappa shape index (κ2) is 7.45. The van der Waals surface area contributed by atoms with Crippen molar-refractivity contribution in [3.8, 4) is 5.75 Å². The Balaban J connectivity index is 1.99. The van der Waals surface area contributed by atoms with Gasteiger partial charge in [-0.15, -0.1) is 0 Å². The number of sulfone groups is 1. The summed E-state index contributed by atoms with van der Waals surface area (Å²) in [5.41, 5.74) is 0.826. The van der Waals surface area contributed by atoms with Gasteiger partial charge in [0.2, 0.25) is 26.6 Å². The molecule has 2 aromatic carbocycles. The van der Waals surface area contributed by atoms with Crippen LogP contribution in [0, 0.1) is 0 Å². The highest BCUT2D eigenvalue weighted by Gasteiger charge is 2.26. The van der Waals surface area contributed by atoms with Crippen molar-refractivity contribution in [3.05, 3.63) is 66.1 Å². The Labute approximate surface area is 152 Å².